The lowest BCUT2D eigenvalue weighted by molar-refractivity contribution is 0.278. The summed E-state index contributed by atoms with van der Waals surface area (Å²) in [6.45, 7) is 3.10. The molecule has 1 aromatic carbocycles. The van der Waals surface area contributed by atoms with Crippen LogP contribution >= 0.6 is 0 Å². The summed E-state index contributed by atoms with van der Waals surface area (Å²) in [7, 11) is -1.94. The van der Waals surface area contributed by atoms with Crippen LogP contribution in [-0.4, -0.2) is 45.1 Å². The number of benzene rings is 1. The summed E-state index contributed by atoms with van der Waals surface area (Å²) in [5.74, 6) is -0.650. The van der Waals surface area contributed by atoms with Crippen LogP contribution in [0.25, 0.3) is 0 Å². The Morgan fingerprint density at radius 2 is 2.11 bits per heavy atom. The average Bonchev–Trinajstić information content (AvgIpc) is 2.38. The quantitative estimate of drug-likeness (QED) is 0.769. The molecule has 108 valence electrons. The van der Waals surface area contributed by atoms with E-state index in [9.17, 15) is 12.8 Å². The number of aliphatic hydroxyl groups excluding tert-OH is 1. The van der Waals surface area contributed by atoms with Gasteiger partial charge in [0.1, 0.15) is 5.82 Å². The first-order valence-electron chi connectivity index (χ1n) is 5.98. The minimum absolute atomic E-state index is 0.178. The summed E-state index contributed by atoms with van der Waals surface area (Å²) in [6.07, 6.45) is 0. The van der Waals surface area contributed by atoms with E-state index in [1.54, 1.807) is 0 Å². The number of rotatable bonds is 7. The van der Waals surface area contributed by atoms with Gasteiger partial charge in [-0.2, -0.15) is 0 Å². The SMILES string of the molecule is CCN(C)CCNS(=O)(=O)c1cc(F)ccc1CO. The molecule has 2 N–H and O–H groups in total. The Hall–Kier alpha value is -1.02. The number of nitrogens with zero attached hydrogens (tertiary/aromatic N) is 1. The zero-order valence-electron chi connectivity index (χ0n) is 11.1. The van der Waals surface area contributed by atoms with Crippen LogP contribution in [0, 0.1) is 5.82 Å². The monoisotopic (exact) mass is 290 g/mol. The number of aliphatic hydroxyl groups is 1. The third-order valence-corrected chi connectivity index (χ3v) is 4.36. The summed E-state index contributed by atoms with van der Waals surface area (Å²) in [5.41, 5.74) is 0.178. The Bertz CT molecular complexity index is 520. The Morgan fingerprint density at radius 1 is 1.42 bits per heavy atom. The van der Waals surface area contributed by atoms with E-state index in [0.29, 0.717) is 6.54 Å². The molecule has 0 aliphatic rings. The van der Waals surface area contributed by atoms with Crippen molar-refractivity contribution >= 4 is 10.0 Å². The number of sulfonamides is 1. The van der Waals surface area contributed by atoms with Gasteiger partial charge in [-0.3, -0.25) is 0 Å². The number of nitrogens with one attached hydrogen (secondary N) is 1. The van der Waals surface area contributed by atoms with Crippen LogP contribution in [0.3, 0.4) is 0 Å². The van der Waals surface area contributed by atoms with E-state index < -0.39 is 22.4 Å². The smallest absolute Gasteiger partial charge is 0.241 e. The first kappa shape index (κ1) is 16.0. The maximum absolute atomic E-state index is 13.1. The van der Waals surface area contributed by atoms with Crippen molar-refractivity contribution in [3.05, 3.63) is 29.6 Å². The van der Waals surface area contributed by atoms with Gasteiger partial charge in [0.25, 0.3) is 0 Å². The van der Waals surface area contributed by atoms with Crippen molar-refractivity contribution in [1.29, 1.82) is 0 Å². The molecule has 0 aromatic heterocycles. The van der Waals surface area contributed by atoms with Crippen molar-refractivity contribution in [3.63, 3.8) is 0 Å². The fourth-order valence-corrected chi connectivity index (χ4v) is 2.78. The maximum Gasteiger partial charge on any atom is 0.241 e. The van der Waals surface area contributed by atoms with Crippen LogP contribution in [0.1, 0.15) is 12.5 Å². The highest BCUT2D eigenvalue weighted by atomic mass is 32.2. The molecule has 0 heterocycles. The fourth-order valence-electron chi connectivity index (χ4n) is 1.52. The highest BCUT2D eigenvalue weighted by Gasteiger charge is 2.18. The van der Waals surface area contributed by atoms with Crippen LogP contribution in [-0.2, 0) is 16.6 Å². The fraction of sp³-hybridized carbons (Fsp3) is 0.500. The highest BCUT2D eigenvalue weighted by molar-refractivity contribution is 7.89. The molecule has 0 saturated heterocycles. The summed E-state index contributed by atoms with van der Waals surface area (Å²) in [5, 5.41) is 9.10. The molecule has 0 saturated carbocycles. The number of halogens is 1. The topological polar surface area (TPSA) is 69.6 Å². The van der Waals surface area contributed by atoms with Crippen molar-refractivity contribution < 1.29 is 17.9 Å². The van der Waals surface area contributed by atoms with Crippen LogP contribution in [0.4, 0.5) is 4.39 Å². The molecular weight excluding hydrogens is 271 g/mol. The van der Waals surface area contributed by atoms with Crippen molar-refractivity contribution in [2.24, 2.45) is 0 Å². The summed E-state index contributed by atoms with van der Waals surface area (Å²) < 4.78 is 39.6. The summed E-state index contributed by atoms with van der Waals surface area (Å²) in [4.78, 5) is 1.73. The van der Waals surface area contributed by atoms with Crippen molar-refractivity contribution in [1.82, 2.24) is 9.62 Å². The van der Waals surface area contributed by atoms with E-state index in [1.807, 2.05) is 18.9 Å². The maximum atomic E-state index is 13.1. The lowest BCUT2D eigenvalue weighted by atomic mass is 10.2. The molecule has 5 nitrogen and oxygen atoms in total. The van der Waals surface area contributed by atoms with Gasteiger partial charge < -0.3 is 10.0 Å². The van der Waals surface area contributed by atoms with E-state index in [1.165, 1.54) is 6.07 Å². The molecule has 1 aromatic rings. The lowest BCUT2D eigenvalue weighted by Crippen LogP contribution is -2.33. The predicted molar refractivity (Wildman–Crippen MR) is 70.7 cm³/mol. The van der Waals surface area contributed by atoms with Gasteiger partial charge in [-0.15, -0.1) is 0 Å². The van der Waals surface area contributed by atoms with Crippen LogP contribution in [0.2, 0.25) is 0 Å². The second kappa shape index (κ2) is 6.95. The van der Waals surface area contributed by atoms with Crippen molar-refractivity contribution in [3.8, 4) is 0 Å². The molecule has 1 rings (SSSR count). The molecule has 0 atom stereocenters. The Labute approximate surface area is 113 Å². The van der Waals surface area contributed by atoms with E-state index in [2.05, 4.69) is 4.72 Å². The molecular formula is C12H19FN2O3S. The van der Waals surface area contributed by atoms with Gasteiger partial charge >= 0.3 is 0 Å². The van der Waals surface area contributed by atoms with E-state index in [0.717, 1.165) is 18.7 Å². The van der Waals surface area contributed by atoms with E-state index in [4.69, 9.17) is 5.11 Å². The van der Waals surface area contributed by atoms with Gasteiger partial charge in [0.15, 0.2) is 0 Å². The molecule has 19 heavy (non-hydrogen) atoms. The van der Waals surface area contributed by atoms with Gasteiger partial charge in [0, 0.05) is 13.1 Å². The van der Waals surface area contributed by atoms with Crippen LogP contribution in [0.15, 0.2) is 23.1 Å². The zero-order chi connectivity index (χ0) is 14.5. The Morgan fingerprint density at radius 3 is 2.68 bits per heavy atom. The third kappa shape index (κ3) is 4.54. The number of hydrogen-bond donors (Lipinski definition) is 2. The molecule has 0 aliphatic heterocycles. The Balaban J connectivity index is 2.85. The molecule has 0 unspecified atom stereocenters. The second-order valence-corrected chi connectivity index (χ2v) is 5.94. The van der Waals surface area contributed by atoms with Crippen LogP contribution < -0.4 is 4.72 Å². The standard InChI is InChI=1S/C12H19FN2O3S/c1-3-15(2)7-6-14-19(17,18)12-8-11(13)5-4-10(12)9-16/h4-5,8,14,16H,3,6-7,9H2,1-2H3. The minimum Gasteiger partial charge on any atom is -0.392 e. The van der Waals surface area contributed by atoms with Gasteiger partial charge in [-0.25, -0.2) is 17.5 Å². The molecule has 0 spiro atoms. The van der Waals surface area contributed by atoms with E-state index in [-0.39, 0.29) is 17.0 Å². The molecule has 0 fully saturated rings. The summed E-state index contributed by atoms with van der Waals surface area (Å²) >= 11 is 0. The van der Waals surface area contributed by atoms with Gasteiger partial charge in [0.2, 0.25) is 10.0 Å². The Kier molecular flexibility index (Phi) is 5.86. The first-order chi connectivity index (χ1) is 8.90. The second-order valence-electron chi connectivity index (χ2n) is 4.20. The van der Waals surface area contributed by atoms with Gasteiger partial charge in [0.05, 0.1) is 11.5 Å². The first-order valence-corrected chi connectivity index (χ1v) is 7.46. The zero-order valence-corrected chi connectivity index (χ0v) is 11.9. The van der Waals surface area contributed by atoms with Gasteiger partial charge in [-0.1, -0.05) is 13.0 Å². The van der Waals surface area contributed by atoms with Gasteiger partial charge in [-0.05, 0) is 31.3 Å². The summed E-state index contributed by atoms with van der Waals surface area (Å²) in [6, 6.07) is 3.30. The largest absolute Gasteiger partial charge is 0.392 e. The number of likely N-dealkylation sites (N-methyl/N-ethyl adjacent to an activating group) is 1. The molecule has 0 radical (unpaired) electrons. The number of hydrogen-bond acceptors (Lipinski definition) is 4. The lowest BCUT2D eigenvalue weighted by Gasteiger charge is -2.15. The normalized spacial score (nSPS) is 12.1. The van der Waals surface area contributed by atoms with Crippen molar-refractivity contribution in [2.45, 2.75) is 18.4 Å². The minimum atomic E-state index is -3.81. The molecule has 0 amide bonds. The average molecular weight is 290 g/mol. The third-order valence-electron chi connectivity index (χ3n) is 2.81. The molecule has 7 heteroatoms. The van der Waals surface area contributed by atoms with E-state index >= 15 is 0 Å². The molecule has 0 bridgehead atoms. The highest BCUT2D eigenvalue weighted by Crippen LogP contribution is 2.17. The predicted octanol–water partition coefficient (Wildman–Crippen LogP) is 0.548. The molecule has 0 aliphatic carbocycles. The van der Waals surface area contributed by atoms with Crippen LogP contribution in [0.5, 0.6) is 0 Å². The van der Waals surface area contributed by atoms with Crippen molar-refractivity contribution in [2.75, 3.05) is 26.7 Å².